The number of aliphatic hydroxyl groups excluding tert-OH is 1. The zero-order valence-corrected chi connectivity index (χ0v) is 20.2. The molecule has 0 saturated carbocycles. The number of nitrogens with zero attached hydrogens (tertiary/aromatic N) is 1. The molecule has 3 aromatic rings. The molecule has 3 aromatic carbocycles. The summed E-state index contributed by atoms with van der Waals surface area (Å²) in [6.45, 7) is 0.0964. The lowest BCUT2D eigenvalue weighted by molar-refractivity contribution is -0.140. The fourth-order valence-corrected chi connectivity index (χ4v) is 4.36. The summed E-state index contributed by atoms with van der Waals surface area (Å²) in [4.78, 5) is 27.9. The second kappa shape index (κ2) is 10.1. The van der Waals surface area contributed by atoms with Crippen molar-refractivity contribution in [2.75, 3.05) is 21.3 Å². The quantitative estimate of drug-likeness (QED) is 0.283. The van der Waals surface area contributed by atoms with Crippen molar-refractivity contribution in [3.05, 3.63) is 94.0 Å². The largest absolute Gasteiger partial charge is 0.507 e. The van der Waals surface area contributed by atoms with Crippen LogP contribution < -0.4 is 14.2 Å². The maximum absolute atomic E-state index is 13.3. The zero-order valence-electron chi connectivity index (χ0n) is 19.4. The normalized spacial score (nSPS) is 16.9. The van der Waals surface area contributed by atoms with Crippen molar-refractivity contribution in [2.45, 2.75) is 12.6 Å². The Hall–Kier alpha value is -3.97. The van der Waals surface area contributed by atoms with Gasteiger partial charge in [-0.25, -0.2) is 0 Å². The highest BCUT2D eigenvalue weighted by Gasteiger charge is 2.46. The van der Waals surface area contributed by atoms with Crippen LogP contribution >= 0.6 is 11.6 Å². The van der Waals surface area contributed by atoms with E-state index in [9.17, 15) is 14.7 Å². The number of methoxy groups -OCH3 is 3. The summed E-state index contributed by atoms with van der Waals surface area (Å²) in [5.74, 6) is -0.204. The van der Waals surface area contributed by atoms with Crippen molar-refractivity contribution < 1.29 is 28.9 Å². The first kappa shape index (κ1) is 24.2. The molecule has 8 heteroatoms. The highest BCUT2D eigenvalue weighted by Crippen LogP contribution is 2.41. The molecule has 4 rings (SSSR count). The SMILES string of the molecule is COc1cccc(C2/C(=C(\O)c3cccc(Cl)c3)C(=O)C(=O)N2Cc2ccc(OC)c(OC)c2)c1. The van der Waals surface area contributed by atoms with Gasteiger partial charge in [0.1, 0.15) is 11.5 Å². The first-order chi connectivity index (χ1) is 16.9. The summed E-state index contributed by atoms with van der Waals surface area (Å²) in [6, 6.07) is 18.0. The van der Waals surface area contributed by atoms with Crippen LogP contribution in [-0.4, -0.2) is 43.0 Å². The van der Waals surface area contributed by atoms with Gasteiger partial charge in [-0.3, -0.25) is 9.59 Å². The maximum Gasteiger partial charge on any atom is 0.295 e. The average Bonchev–Trinajstić information content (AvgIpc) is 3.13. The number of ketones is 1. The summed E-state index contributed by atoms with van der Waals surface area (Å²) in [7, 11) is 4.59. The summed E-state index contributed by atoms with van der Waals surface area (Å²) in [5.41, 5.74) is 1.66. The molecular weight excluding hydrogens is 470 g/mol. The minimum Gasteiger partial charge on any atom is -0.507 e. The molecule has 35 heavy (non-hydrogen) atoms. The molecular formula is C27H24ClNO6. The first-order valence-electron chi connectivity index (χ1n) is 10.8. The van der Waals surface area contributed by atoms with Gasteiger partial charge in [0.2, 0.25) is 0 Å². The smallest absolute Gasteiger partial charge is 0.295 e. The Labute approximate surface area is 208 Å². The van der Waals surface area contributed by atoms with Gasteiger partial charge in [-0.05, 0) is 47.5 Å². The van der Waals surface area contributed by atoms with E-state index >= 15 is 0 Å². The van der Waals surface area contributed by atoms with Gasteiger partial charge in [-0.15, -0.1) is 0 Å². The molecule has 0 aromatic heterocycles. The summed E-state index contributed by atoms with van der Waals surface area (Å²) < 4.78 is 16.0. The summed E-state index contributed by atoms with van der Waals surface area (Å²) >= 11 is 6.11. The zero-order chi connectivity index (χ0) is 25.1. The molecule has 0 spiro atoms. The van der Waals surface area contributed by atoms with Crippen LogP contribution in [0.4, 0.5) is 0 Å². The van der Waals surface area contributed by atoms with E-state index in [1.54, 1.807) is 66.7 Å². The van der Waals surface area contributed by atoms with E-state index in [1.165, 1.54) is 26.2 Å². The minimum absolute atomic E-state index is 0.0222. The van der Waals surface area contributed by atoms with Gasteiger partial charge < -0.3 is 24.2 Å². The number of benzene rings is 3. The van der Waals surface area contributed by atoms with Crippen LogP contribution in [0.1, 0.15) is 22.7 Å². The number of halogens is 1. The van der Waals surface area contributed by atoms with E-state index in [0.717, 1.165) is 5.56 Å². The lowest BCUT2D eigenvalue weighted by Crippen LogP contribution is -2.29. The van der Waals surface area contributed by atoms with Gasteiger partial charge in [0.25, 0.3) is 11.7 Å². The van der Waals surface area contributed by atoms with Gasteiger partial charge in [-0.1, -0.05) is 41.9 Å². The van der Waals surface area contributed by atoms with Crippen molar-refractivity contribution >= 4 is 29.1 Å². The highest BCUT2D eigenvalue weighted by molar-refractivity contribution is 6.46. The number of hydrogen-bond donors (Lipinski definition) is 1. The Bertz CT molecular complexity index is 1320. The van der Waals surface area contributed by atoms with Crippen LogP contribution in [0.25, 0.3) is 5.76 Å². The Morgan fingerprint density at radius 3 is 2.34 bits per heavy atom. The summed E-state index contributed by atoms with van der Waals surface area (Å²) in [5, 5.41) is 11.6. The predicted octanol–water partition coefficient (Wildman–Crippen LogP) is 4.99. The number of carbonyl (C=O) groups excluding carboxylic acids is 2. The number of hydrogen-bond acceptors (Lipinski definition) is 6. The molecule has 0 radical (unpaired) electrons. The van der Waals surface area contributed by atoms with Gasteiger partial charge in [0, 0.05) is 17.1 Å². The van der Waals surface area contributed by atoms with Crippen molar-refractivity contribution in [1.82, 2.24) is 4.90 Å². The Balaban J connectivity index is 1.86. The number of amides is 1. The maximum atomic E-state index is 13.3. The van der Waals surface area contributed by atoms with E-state index in [0.29, 0.717) is 33.4 Å². The van der Waals surface area contributed by atoms with Crippen LogP contribution in [0, 0.1) is 0 Å². The number of rotatable bonds is 7. The standard InChI is InChI=1S/C27H24ClNO6/c1-33-20-9-5-6-17(14-20)24-23(25(30)18-7-4-8-19(28)13-18)26(31)27(32)29(24)15-16-10-11-21(34-2)22(12-16)35-3/h4-14,24,30H,15H2,1-3H3/b25-23+. The predicted molar refractivity (Wildman–Crippen MR) is 132 cm³/mol. The van der Waals surface area contributed by atoms with E-state index in [-0.39, 0.29) is 17.9 Å². The molecule has 1 atom stereocenters. The fraction of sp³-hybridized carbons (Fsp3) is 0.185. The first-order valence-corrected chi connectivity index (χ1v) is 11.1. The van der Waals surface area contributed by atoms with Crippen LogP contribution in [0.3, 0.4) is 0 Å². The molecule has 1 fully saturated rings. The van der Waals surface area contributed by atoms with Gasteiger partial charge in [0.15, 0.2) is 11.5 Å². The Morgan fingerprint density at radius 1 is 0.914 bits per heavy atom. The van der Waals surface area contributed by atoms with Crippen molar-refractivity contribution in [2.24, 2.45) is 0 Å². The van der Waals surface area contributed by atoms with Gasteiger partial charge in [-0.2, -0.15) is 0 Å². The highest BCUT2D eigenvalue weighted by atomic mass is 35.5. The van der Waals surface area contributed by atoms with Crippen LogP contribution in [-0.2, 0) is 16.1 Å². The second-order valence-corrected chi connectivity index (χ2v) is 8.34. The number of Topliss-reactive ketones (excluding diaryl/α,β-unsaturated/α-hetero) is 1. The minimum atomic E-state index is -0.850. The number of ether oxygens (including phenoxy) is 3. The van der Waals surface area contributed by atoms with Crippen molar-refractivity contribution in [3.63, 3.8) is 0 Å². The van der Waals surface area contributed by atoms with E-state index < -0.39 is 17.7 Å². The van der Waals surface area contributed by atoms with E-state index in [2.05, 4.69) is 0 Å². The van der Waals surface area contributed by atoms with E-state index in [1.807, 2.05) is 0 Å². The van der Waals surface area contributed by atoms with Crippen molar-refractivity contribution in [1.29, 1.82) is 0 Å². The summed E-state index contributed by atoms with van der Waals surface area (Å²) in [6.07, 6.45) is 0. The Kier molecular flexibility index (Phi) is 6.98. The lowest BCUT2D eigenvalue weighted by Gasteiger charge is -2.26. The topological polar surface area (TPSA) is 85.3 Å². The third-order valence-corrected chi connectivity index (χ3v) is 6.08. The molecule has 1 saturated heterocycles. The molecule has 1 amide bonds. The van der Waals surface area contributed by atoms with E-state index in [4.69, 9.17) is 25.8 Å². The third kappa shape index (κ3) is 4.68. The molecule has 1 N–H and O–H groups in total. The average molecular weight is 494 g/mol. The third-order valence-electron chi connectivity index (χ3n) is 5.85. The van der Waals surface area contributed by atoms with Gasteiger partial charge >= 0.3 is 0 Å². The van der Waals surface area contributed by atoms with Gasteiger partial charge in [0.05, 0.1) is 32.9 Å². The number of carbonyl (C=O) groups is 2. The molecule has 1 aliphatic rings. The molecule has 7 nitrogen and oxygen atoms in total. The Morgan fingerprint density at radius 2 is 1.66 bits per heavy atom. The molecule has 0 bridgehead atoms. The monoisotopic (exact) mass is 493 g/mol. The molecule has 1 unspecified atom stereocenters. The fourth-order valence-electron chi connectivity index (χ4n) is 4.17. The number of likely N-dealkylation sites (tertiary alicyclic amines) is 1. The van der Waals surface area contributed by atoms with Crippen molar-refractivity contribution in [3.8, 4) is 17.2 Å². The van der Waals surface area contributed by atoms with Crippen LogP contribution in [0.5, 0.6) is 17.2 Å². The van der Waals surface area contributed by atoms with Crippen LogP contribution in [0.2, 0.25) is 5.02 Å². The number of aliphatic hydroxyl groups is 1. The van der Waals surface area contributed by atoms with Crippen LogP contribution in [0.15, 0.2) is 72.3 Å². The second-order valence-electron chi connectivity index (χ2n) is 7.90. The lowest BCUT2D eigenvalue weighted by atomic mass is 9.95. The molecule has 1 aliphatic heterocycles. The molecule has 180 valence electrons. The molecule has 0 aliphatic carbocycles. The molecule has 1 heterocycles.